The minimum Gasteiger partial charge on any atom is -0.462 e. The Morgan fingerprint density at radius 3 is 2.53 bits per heavy atom. The number of hydrogen-bond acceptors (Lipinski definition) is 7. The van der Waals surface area contributed by atoms with E-state index in [4.69, 9.17) is 14.5 Å². The topological polar surface area (TPSA) is 101 Å². The summed E-state index contributed by atoms with van der Waals surface area (Å²) < 4.78 is 10.1. The van der Waals surface area contributed by atoms with Crippen LogP contribution in [0.2, 0.25) is 0 Å². The second-order valence-electron chi connectivity index (χ2n) is 6.73. The van der Waals surface area contributed by atoms with E-state index in [-0.39, 0.29) is 35.9 Å². The number of carbonyl (C=O) groups excluding carboxylic acids is 2. The summed E-state index contributed by atoms with van der Waals surface area (Å²) in [5.74, 6) is -1.01. The Bertz CT molecular complexity index is 1070. The zero-order valence-corrected chi connectivity index (χ0v) is 17.2. The van der Waals surface area contributed by atoms with Gasteiger partial charge in [0, 0.05) is 11.3 Å². The molecule has 0 radical (unpaired) electrons. The number of allylic oxidation sites excluding steroid dienone is 1. The molecule has 0 saturated heterocycles. The average molecular weight is 405 g/mol. The summed E-state index contributed by atoms with van der Waals surface area (Å²) in [6, 6.07) is 11.6. The molecule has 0 fully saturated rings. The van der Waals surface area contributed by atoms with E-state index in [1.165, 1.54) is 5.56 Å². The fourth-order valence-electron chi connectivity index (χ4n) is 3.40. The van der Waals surface area contributed by atoms with Gasteiger partial charge in [-0.15, -0.1) is 0 Å². The van der Waals surface area contributed by atoms with Gasteiger partial charge in [0.15, 0.2) is 5.57 Å². The van der Waals surface area contributed by atoms with Crippen LogP contribution in [0.3, 0.4) is 0 Å². The van der Waals surface area contributed by atoms with Gasteiger partial charge in [-0.05, 0) is 50.8 Å². The van der Waals surface area contributed by atoms with Crippen molar-refractivity contribution in [2.75, 3.05) is 18.5 Å². The SMILES string of the molecule is CCOC(=O)/C(C#N)=C(\C)Nc1nc2c(cc1C(=O)OCC)CCc1ccccc1-2. The van der Waals surface area contributed by atoms with Crippen LogP contribution in [0.1, 0.15) is 42.3 Å². The number of fused-ring (bicyclic) bond motifs is 3. The van der Waals surface area contributed by atoms with Crippen LogP contribution in [0.15, 0.2) is 41.6 Å². The van der Waals surface area contributed by atoms with Gasteiger partial charge in [-0.25, -0.2) is 14.6 Å². The van der Waals surface area contributed by atoms with E-state index in [1.54, 1.807) is 26.8 Å². The van der Waals surface area contributed by atoms with Crippen molar-refractivity contribution in [3.05, 3.63) is 58.3 Å². The number of aryl methyl sites for hydroxylation is 2. The van der Waals surface area contributed by atoms with Crippen LogP contribution in [0.4, 0.5) is 5.82 Å². The number of nitrogens with one attached hydrogen (secondary N) is 1. The molecule has 1 aliphatic rings. The molecule has 1 aliphatic carbocycles. The van der Waals surface area contributed by atoms with Crippen molar-refractivity contribution in [3.8, 4) is 17.3 Å². The van der Waals surface area contributed by atoms with Gasteiger partial charge < -0.3 is 14.8 Å². The first-order valence-electron chi connectivity index (χ1n) is 9.84. The highest BCUT2D eigenvalue weighted by Gasteiger charge is 2.24. The standard InChI is InChI=1S/C23H23N3O4/c1-4-29-22(27)18-12-16-11-10-15-8-6-7-9-17(15)20(16)26-21(18)25-14(3)19(13-24)23(28)30-5-2/h6-9,12H,4-5,10-11H2,1-3H3,(H,25,26)/b19-14+. The van der Waals surface area contributed by atoms with E-state index in [0.29, 0.717) is 0 Å². The first-order valence-corrected chi connectivity index (χ1v) is 9.84. The Kier molecular flexibility index (Phi) is 6.48. The molecular weight excluding hydrogens is 382 g/mol. The highest BCUT2D eigenvalue weighted by Crippen LogP contribution is 2.35. The largest absolute Gasteiger partial charge is 0.462 e. The van der Waals surface area contributed by atoms with Crippen LogP contribution >= 0.6 is 0 Å². The summed E-state index contributed by atoms with van der Waals surface area (Å²) in [6.45, 7) is 5.34. The van der Waals surface area contributed by atoms with Crippen molar-refractivity contribution in [2.45, 2.75) is 33.6 Å². The average Bonchev–Trinajstić information content (AvgIpc) is 2.74. The van der Waals surface area contributed by atoms with Crippen LogP contribution in [-0.2, 0) is 27.1 Å². The molecule has 0 unspecified atom stereocenters. The predicted octanol–water partition coefficient (Wildman–Crippen LogP) is 3.80. The Hall–Kier alpha value is -3.66. The molecule has 2 aromatic rings. The third-order valence-corrected chi connectivity index (χ3v) is 4.81. The monoisotopic (exact) mass is 405 g/mol. The smallest absolute Gasteiger partial charge is 0.350 e. The number of aromatic nitrogens is 1. The molecule has 0 aliphatic heterocycles. The molecule has 1 aromatic heterocycles. The molecule has 0 amide bonds. The summed E-state index contributed by atoms with van der Waals surface area (Å²) >= 11 is 0. The van der Waals surface area contributed by atoms with Gasteiger partial charge in [-0.3, -0.25) is 0 Å². The van der Waals surface area contributed by atoms with Gasteiger partial charge in [0.05, 0.1) is 18.9 Å². The number of benzene rings is 1. The highest BCUT2D eigenvalue weighted by atomic mass is 16.5. The van der Waals surface area contributed by atoms with Gasteiger partial charge in [-0.1, -0.05) is 24.3 Å². The zero-order valence-electron chi connectivity index (χ0n) is 17.2. The molecule has 154 valence electrons. The molecule has 1 aromatic carbocycles. The predicted molar refractivity (Wildman–Crippen MR) is 112 cm³/mol. The molecule has 30 heavy (non-hydrogen) atoms. The molecule has 7 nitrogen and oxygen atoms in total. The fourth-order valence-corrected chi connectivity index (χ4v) is 3.40. The third kappa shape index (κ3) is 4.18. The van der Waals surface area contributed by atoms with Crippen molar-refractivity contribution in [2.24, 2.45) is 0 Å². The fraction of sp³-hybridized carbons (Fsp3) is 0.304. The highest BCUT2D eigenvalue weighted by molar-refractivity contribution is 5.97. The van der Waals surface area contributed by atoms with Gasteiger partial charge in [0.1, 0.15) is 17.5 Å². The molecule has 0 atom stereocenters. The van der Waals surface area contributed by atoms with E-state index in [2.05, 4.69) is 11.4 Å². The van der Waals surface area contributed by atoms with Gasteiger partial charge >= 0.3 is 11.9 Å². The molecule has 1 N–H and O–H groups in total. The lowest BCUT2D eigenvalue weighted by molar-refractivity contribution is -0.138. The Morgan fingerprint density at radius 2 is 1.83 bits per heavy atom. The van der Waals surface area contributed by atoms with Gasteiger partial charge in [-0.2, -0.15) is 5.26 Å². The van der Waals surface area contributed by atoms with Crippen molar-refractivity contribution >= 4 is 17.8 Å². The number of nitrogens with zero attached hydrogens (tertiary/aromatic N) is 2. The number of carbonyl (C=O) groups is 2. The van der Waals surface area contributed by atoms with Crippen LogP contribution < -0.4 is 5.32 Å². The summed E-state index contributed by atoms with van der Waals surface area (Å²) in [4.78, 5) is 29.4. The van der Waals surface area contributed by atoms with Gasteiger partial charge in [0.25, 0.3) is 0 Å². The van der Waals surface area contributed by atoms with E-state index < -0.39 is 11.9 Å². The molecule has 0 bridgehead atoms. The maximum atomic E-state index is 12.6. The first-order chi connectivity index (χ1) is 14.5. The Labute approximate surface area is 175 Å². The van der Waals surface area contributed by atoms with Crippen molar-refractivity contribution in [3.63, 3.8) is 0 Å². The van der Waals surface area contributed by atoms with E-state index in [0.717, 1.165) is 29.7 Å². The summed E-state index contributed by atoms with van der Waals surface area (Å²) in [6.07, 6.45) is 1.62. The minimum atomic E-state index is -0.731. The molecule has 0 saturated carbocycles. The molecule has 7 heteroatoms. The number of esters is 2. The van der Waals surface area contributed by atoms with Crippen LogP contribution in [0.5, 0.6) is 0 Å². The normalized spacial score (nSPS) is 12.6. The number of ether oxygens (including phenoxy) is 2. The Morgan fingerprint density at radius 1 is 1.13 bits per heavy atom. The third-order valence-electron chi connectivity index (χ3n) is 4.81. The van der Waals surface area contributed by atoms with Crippen LogP contribution in [-0.4, -0.2) is 30.1 Å². The minimum absolute atomic E-state index is 0.152. The number of rotatable bonds is 6. The van der Waals surface area contributed by atoms with Crippen molar-refractivity contribution in [1.82, 2.24) is 4.98 Å². The van der Waals surface area contributed by atoms with E-state index >= 15 is 0 Å². The lowest BCUT2D eigenvalue weighted by Gasteiger charge is -2.21. The summed E-state index contributed by atoms with van der Waals surface area (Å²) in [5.41, 5.74) is 4.25. The van der Waals surface area contributed by atoms with Crippen molar-refractivity contribution in [1.29, 1.82) is 5.26 Å². The number of pyridine rings is 1. The quantitative estimate of drug-likeness (QED) is 0.443. The lowest BCUT2D eigenvalue weighted by Crippen LogP contribution is -2.17. The van der Waals surface area contributed by atoms with E-state index in [9.17, 15) is 14.9 Å². The maximum Gasteiger partial charge on any atom is 0.350 e. The maximum absolute atomic E-state index is 12.6. The second kappa shape index (κ2) is 9.23. The number of hydrogen-bond donors (Lipinski definition) is 1. The lowest BCUT2D eigenvalue weighted by atomic mass is 9.88. The number of nitriles is 1. The zero-order chi connectivity index (χ0) is 21.7. The number of anilines is 1. The first kappa shape index (κ1) is 21.1. The summed E-state index contributed by atoms with van der Waals surface area (Å²) in [5, 5.41) is 12.4. The van der Waals surface area contributed by atoms with Crippen molar-refractivity contribution < 1.29 is 19.1 Å². The van der Waals surface area contributed by atoms with Crippen LogP contribution in [0, 0.1) is 11.3 Å². The molecule has 3 rings (SSSR count). The molecule has 1 heterocycles. The van der Waals surface area contributed by atoms with Crippen LogP contribution in [0.25, 0.3) is 11.3 Å². The van der Waals surface area contributed by atoms with E-state index in [1.807, 2.05) is 24.3 Å². The van der Waals surface area contributed by atoms with Gasteiger partial charge in [0.2, 0.25) is 0 Å². The Balaban J connectivity index is 2.12. The molecular formula is C23H23N3O4. The summed E-state index contributed by atoms with van der Waals surface area (Å²) in [7, 11) is 0. The molecule has 0 spiro atoms. The second-order valence-corrected chi connectivity index (χ2v) is 6.73.